The molecule has 1 heterocycles. The number of para-hydroxylation sites is 1. The van der Waals surface area contributed by atoms with Crippen molar-refractivity contribution < 1.29 is 24.2 Å². The Morgan fingerprint density at radius 1 is 0.939 bits per heavy atom. The van der Waals surface area contributed by atoms with Crippen LogP contribution in [0.3, 0.4) is 0 Å². The summed E-state index contributed by atoms with van der Waals surface area (Å²) in [5.74, 6) is 0.657. The number of aromatic nitrogens is 1. The monoisotopic (exact) mass is 678 g/mol. The Balaban J connectivity index is 1.46. The number of hydrogen-bond donors (Lipinski definition) is 3. The first-order valence-corrected chi connectivity index (χ1v) is 16.8. The number of ether oxygens (including phenoxy) is 2. The molecule has 4 aromatic carbocycles. The van der Waals surface area contributed by atoms with Gasteiger partial charge in [-0.15, -0.1) is 11.3 Å². The molecule has 0 saturated heterocycles. The lowest BCUT2D eigenvalue weighted by Gasteiger charge is -2.36. The second-order valence-electron chi connectivity index (χ2n) is 12.1. The Bertz CT molecular complexity index is 1900. The maximum atomic E-state index is 14.3. The summed E-state index contributed by atoms with van der Waals surface area (Å²) in [5.41, 5.74) is 3.43. The van der Waals surface area contributed by atoms with E-state index in [0.29, 0.717) is 30.0 Å². The minimum absolute atomic E-state index is 0.189. The number of amides is 2. The zero-order valence-electron chi connectivity index (χ0n) is 28.4. The number of aliphatic hydroxyl groups is 1. The molecule has 3 N–H and O–H groups in total. The van der Waals surface area contributed by atoms with Crippen molar-refractivity contribution in [2.75, 3.05) is 27.8 Å². The van der Waals surface area contributed by atoms with Crippen LogP contribution in [0.1, 0.15) is 49.5 Å². The van der Waals surface area contributed by atoms with E-state index in [2.05, 4.69) is 15.6 Å². The molecular weight excluding hydrogens is 637 g/mol. The smallest absolute Gasteiger partial charge is 0.254 e. The second kappa shape index (κ2) is 15.9. The maximum Gasteiger partial charge on any atom is 0.254 e. The van der Waals surface area contributed by atoms with Crippen LogP contribution in [0.5, 0.6) is 11.5 Å². The summed E-state index contributed by atoms with van der Waals surface area (Å²) in [5, 5.41) is 20.9. The molecule has 10 heteroatoms. The van der Waals surface area contributed by atoms with Crippen molar-refractivity contribution in [2.45, 2.75) is 38.6 Å². The van der Waals surface area contributed by atoms with Crippen LogP contribution in [0.2, 0.25) is 0 Å². The summed E-state index contributed by atoms with van der Waals surface area (Å²) < 4.78 is 11.0. The Morgan fingerprint density at radius 2 is 1.67 bits per heavy atom. The second-order valence-corrected chi connectivity index (χ2v) is 13.0. The summed E-state index contributed by atoms with van der Waals surface area (Å²) in [6, 6.07) is 29.7. The number of rotatable bonds is 14. The van der Waals surface area contributed by atoms with E-state index in [1.54, 1.807) is 51.3 Å². The first-order valence-electron chi connectivity index (χ1n) is 16.0. The Kier molecular flexibility index (Phi) is 11.5. The minimum atomic E-state index is -1.19. The lowest BCUT2D eigenvalue weighted by Crippen LogP contribution is -2.55. The molecule has 0 fully saturated rings. The van der Waals surface area contributed by atoms with E-state index in [9.17, 15) is 14.7 Å². The van der Waals surface area contributed by atoms with Crippen LogP contribution < -0.4 is 20.1 Å². The van der Waals surface area contributed by atoms with Crippen LogP contribution in [-0.4, -0.2) is 60.7 Å². The fourth-order valence-electron chi connectivity index (χ4n) is 5.67. The van der Waals surface area contributed by atoms with Crippen LogP contribution >= 0.6 is 11.3 Å². The van der Waals surface area contributed by atoms with Crippen LogP contribution in [-0.2, 0) is 18.6 Å². The molecule has 5 rings (SSSR count). The number of methoxy groups -OCH3 is 2. The molecule has 2 atom stereocenters. The molecule has 0 aliphatic carbocycles. The van der Waals surface area contributed by atoms with Gasteiger partial charge in [0.05, 0.1) is 32.4 Å². The summed E-state index contributed by atoms with van der Waals surface area (Å²) in [7, 11) is 4.92. The molecule has 5 aromatic rings. The first-order chi connectivity index (χ1) is 23.6. The van der Waals surface area contributed by atoms with E-state index in [1.165, 1.54) is 11.3 Å². The van der Waals surface area contributed by atoms with Crippen molar-refractivity contribution in [3.8, 4) is 22.6 Å². The molecule has 254 valence electrons. The zero-order valence-corrected chi connectivity index (χ0v) is 29.2. The predicted molar refractivity (Wildman–Crippen MR) is 193 cm³/mol. The number of nitrogens with one attached hydrogen (secondary N) is 2. The van der Waals surface area contributed by atoms with Gasteiger partial charge in [-0.2, -0.15) is 0 Å². The van der Waals surface area contributed by atoms with Gasteiger partial charge in [0.15, 0.2) is 0 Å². The Labute approximate surface area is 291 Å². The molecular formula is C39H42N4O5S. The number of aryl methyl sites for hydroxylation is 1. The third-order valence-corrected chi connectivity index (χ3v) is 9.41. The maximum absolute atomic E-state index is 14.3. The topological polar surface area (TPSA) is 113 Å². The number of aliphatic hydroxyl groups excluding tert-OH is 1. The first kappa shape index (κ1) is 35.3. The number of benzene rings is 4. The lowest BCUT2D eigenvalue weighted by atomic mass is 9.85. The van der Waals surface area contributed by atoms with Crippen molar-refractivity contribution in [3.63, 3.8) is 0 Å². The van der Waals surface area contributed by atoms with Gasteiger partial charge in [0.1, 0.15) is 16.5 Å². The zero-order chi connectivity index (χ0) is 35.0. The average Bonchev–Trinajstić information content (AvgIpc) is 3.55. The van der Waals surface area contributed by atoms with Crippen molar-refractivity contribution >= 4 is 23.2 Å². The Morgan fingerprint density at radius 3 is 2.39 bits per heavy atom. The Hall–Kier alpha value is -5.03. The SMILES string of the molecule is COc1cccc(CNC[C@@H](O)[C@@](C)(NC(=O)c2cc(C(=O)N(C)Cc3nc(C)cs3)cc(-c3ccccc3OC)c2)c2ccccc2)c1. The molecule has 2 amide bonds. The molecule has 0 spiro atoms. The van der Waals surface area contributed by atoms with Crippen molar-refractivity contribution in [1.29, 1.82) is 0 Å². The van der Waals surface area contributed by atoms with Crippen molar-refractivity contribution in [3.05, 3.63) is 135 Å². The van der Waals surface area contributed by atoms with E-state index in [4.69, 9.17) is 9.47 Å². The van der Waals surface area contributed by atoms with E-state index in [-0.39, 0.29) is 18.0 Å². The molecule has 0 aliphatic rings. The third-order valence-electron chi connectivity index (χ3n) is 8.46. The lowest BCUT2D eigenvalue weighted by molar-refractivity contribution is 0.0554. The highest BCUT2D eigenvalue weighted by molar-refractivity contribution is 7.09. The van der Waals surface area contributed by atoms with Gasteiger partial charge in [-0.3, -0.25) is 9.59 Å². The summed E-state index contributed by atoms with van der Waals surface area (Å²) in [6.07, 6.45) is -1.02. The van der Waals surface area contributed by atoms with Gasteiger partial charge in [-0.05, 0) is 66.9 Å². The fourth-order valence-corrected chi connectivity index (χ4v) is 6.50. The van der Waals surface area contributed by atoms with E-state index in [1.807, 2.05) is 91.2 Å². The van der Waals surface area contributed by atoms with Gasteiger partial charge in [0.2, 0.25) is 0 Å². The van der Waals surface area contributed by atoms with Crippen molar-refractivity contribution in [2.24, 2.45) is 0 Å². The number of carbonyl (C=O) groups excluding carboxylic acids is 2. The highest BCUT2D eigenvalue weighted by atomic mass is 32.1. The quantitative estimate of drug-likeness (QED) is 0.128. The molecule has 0 aliphatic heterocycles. The number of hydrogen-bond acceptors (Lipinski definition) is 8. The molecule has 0 radical (unpaired) electrons. The van der Waals surface area contributed by atoms with E-state index >= 15 is 0 Å². The summed E-state index contributed by atoms with van der Waals surface area (Å²) in [6.45, 7) is 4.74. The van der Waals surface area contributed by atoms with Crippen LogP contribution in [0.15, 0.2) is 102 Å². The number of thiazole rings is 1. The highest BCUT2D eigenvalue weighted by Crippen LogP contribution is 2.32. The molecule has 49 heavy (non-hydrogen) atoms. The standard InChI is InChI=1S/C39H42N4O5S/c1-26-25-49-36(41-26)24-43(3)38(46)30-20-28(33-16-9-10-17-34(33)48-5)19-29(21-30)37(45)42-39(2,31-13-7-6-8-14-31)35(44)23-40-22-27-12-11-15-32(18-27)47-4/h6-21,25,35,40,44H,22-24H2,1-5H3,(H,42,45)/t35-,39+/m1/s1. The number of nitrogens with zero attached hydrogens (tertiary/aromatic N) is 2. The van der Waals surface area contributed by atoms with Crippen molar-refractivity contribution in [1.82, 2.24) is 20.5 Å². The largest absolute Gasteiger partial charge is 0.497 e. The third kappa shape index (κ3) is 8.53. The van der Waals surface area contributed by atoms with Crippen LogP contribution in [0.25, 0.3) is 11.1 Å². The normalized spacial score (nSPS) is 12.9. The van der Waals surface area contributed by atoms with Gasteiger partial charge >= 0.3 is 0 Å². The highest BCUT2D eigenvalue weighted by Gasteiger charge is 2.37. The van der Waals surface area contributed by atoms with Gasteiger partial charge in [-0.25, -0.2) is 4.98 Å². The minimum Gasteiger partial charge on any atom is -0.497 e. The average molecular weight is 679 g/mol. The molecule has 0 saturated carbocycles. The van der Waals surface area contributed by atoms with E-state index in [0.717, 1.165) is 33.1 Å². The summed E-state index contributed by atoms with van der Waals surface area (Å²) >= 11 is 1.50. The molecule has 1 aromatic heterocycles. The van der Waals surface area contributed by atoms with Gasteiger partial charge in [0, 0.05) is 47.9 Å². The van der Waals surface area contributed by atoms with Crippen LogP contribution in [0, 0.1) is 6.92 Å². The predicted octanol–water partition coefficient (Wildman–Crippen LogP) is 6.20. The molecule has 0 unspecified atom stereocenters. The number of carbonyl (C=O) groups is 2. The molecule has 9 nitrogen and oxygen atoms in total. The summed E-state index contributed by atoms with van der Waals surface area (Å²) in [4.78, 5) is 34.2. The van der Waals surface area contributed by atoms with Gasteiger partial charge < -0.3 is 30.1 Å². The molecule has 0 bridgehead atoms. The van der Waals surface area contributed by atoms with Crippen LogP contribution in [0.4, 0.5) is 0 Å². The fraction of sp³-hybridized carbons (Fsp3) is 0.256. The van der Waals surface area contributed by atoms with E-state index < -0.39 is 17.6 Å². The van der Waals surface area contributed by atoms with Gasteiger partial charge in [-0.1, -0.05) is 60.7 Å². The van der Waals surface area contributed by atoms with Gasteiger partial charge in [0.25, 0.3) is 11.8 Å².